The first-order valence-corrected chi connectivity index (χ1v) is 12.7. The lowest BCUT2D eigenvalue weighted by molar-refractivity contribution is 0.275. The van der Waals surface area contributed by atoms with Gasteiger partial charge < -0.3 is 19.4 Å². The standard InChI is InChI=1S/C29H28BClFNO4/c1-14(2)28-16(4)27(34)23-9-15(3)8-21(29(23)37-28)17(5)33-25-7-6-20(31)12-22(25)18-10-19-13-36-30(35)26(19)24(32)11-18/h6-12,14,17,33,35H,13H2,1-5H3/t17-/m1/s1. The van der Waals surface area contributed by atoms with Gasteiger partial charge in [-0.1, -0.05) is 31.5 Å². The molecule has 2 N–H and O–H groups in total. The van der Waals surface area contributed by atoms with E-state index in [1.165, 1.54) is 6.07 Å². The molecular formula is C29H28BClFNO4. The van der Waals surface area contributed by atoms with Crippen molar-refractivity contribution < 1.29 is 18.5 Å². The molecule has 1 aliphatic heterocycles. The first kappa shape index (κ1) is 25.5. The van der Waals surface area contributed by atoms with Crippen LogP contribution in [0, 0.1) is 19.7 Å². The second-order valence-corrected chi connectivity index (χ2v) is 10.5. The average Bonchev–Trinajstić information content (AvgIpc) is 3.23. The normalized spacial score (nSPS) is 13.9. The summed E-state index contributed by atoms with van der Waals surface area (Å²) in [6, 6.07) is 12.2. The Kier molecular flexibility index (Phi) is 6.65. The van der Waals surface area contributed by atoms with Crippen molar-refractivity contribution in [1.82, 2.24) is 0 Å². The van der Waals surface area contributed by atoms with Gasteiger partial charge in [0.05, 0.1) is 18.0 Å². The Labute approximate surface area is 220 Å². The van der Waals surface area contributed by atoms with Crippen LogP contribution < -0.4 is 16.2 Å². The van der Waals surface area contributed by atoms with Gasteiger partial charge in [0.2, 0.25) is 0 Å². The minimum Gasteiger partial charge on any atom is -0.460 e. The van der Waals surface area contributed by atoms with Gasteiger partial charge in [0.1, 0.15) is 17.2 Å². The van der Waals surface area contributed by atoms with E-state index >= 15 is 0 Å². The Balaban J connectivity index is 1.61. The van der Waals surface area contributed by atoms with Crippen LogP contribution in [0.25, 0.3) is 22.1 Å². The molecule has 3 aromatic carbocycles. The van der Waals surface area contributed by atoms with Crippen LogP contribution in [-0.4, -0.2) is 12.1 Å². The van der Waals surface area contributed by atoms with Gasteiger partial charge >= 0.3 is 7.12 Å². The van der Waals surface area contributed by atoms with Gasteiger partial charge in [0, 0.05) is 38.8 Å². The number of hydrogen-bond acceptors (Lipinski definition) is 5. The number of rotatable bonds is 5. The highest BCUT2D eigenvalue weighted by Gasteiger charge is 2.31. The SMILES string of the molecule is Cc1cc([C@@H](C)Nc2ccc(Cl)cc2-c2cc(F)c3c(c2)COB3O)c2oc(C(C)C)c(C)c(=O)c2c1. The van der Waals surface area contributed by atoms with Crippen molar-refractivity contribution in [2.45, 2.75) is 53.2 Å². The summed E-state index contributed by atoms with van der Waals surface area (Å²) in [4.78, 5) is 13.2. The number of nitrogens with one attached hydrogen (secondary N) is 1. The van der Waals surface area contributed by atoms with Crippen LogP contribution in [0.15, 0.2) is 51.7 Å². The molecule has 0 fully saturated rings. The predicted octanol–water partition coefficient (Wildman–Crippen LogP) is 6.38. The lowest BCUT2D eigenvalue weighted by Gasteiger charge is -2.21. The Morgan fingerprint density at radius 1 is 1.11 bits per heavy atom. The van der Waals surface area contributed by atoms with E-state index in [2.05, 4.69) is 5.32 Å². The molecule has 0 amide bonds. The highest BCUT2D eigenvalue weighted by molar-refractivity contribution is 6.61. The molecule has 0 radical (unpaired) electrons. The van der Waals surface area contributed by atoms with E-state index in [1.807, 2.05) is 58.9 Å². The molecule has 2 heterocycles. The zero-order chi connectivity index (χ0) is 26.6. The number of hydrogen-bond donors (Lipinski definition) is 2. The van der Waals surface area contributed by atoms with Crippen molar-refractivity contribution in [2.75, 3.05) is 5.32 Å². The Hall–Kier alpha value is -3.13. The molecule has 4 aromatic rings. The number of anilines is 1. The fraction of sp³-hybridized carbons (Fsp3) is 0.276. The van der Waals surface area contributed by atoms with Gasteiger partial charge in [-0.3, -0.25) is 4.79 Å². The van der Waals surface area contributed by atoms with Gasteiger partial charge in [0.15, 0.2) is 5.43 Å². The first-order valence-electron chi connectivity index (χ1n) is 12.3. The van der Waals surface area contributed by atoms with E-state index in [0.717, 1.165) is 16.8 Å². The van der Waals surface area contributed by atoms with Gasteiger partial charge in [-0.15, -0.1) is 0 Å². The van der Waals surface area contributed by atoms with Crippen molar-refractivity contribution in [3.63, 3.8) is 0 Å². The van der Waals surface area contributed by atoms with Crippen LogP contribution in [0.5, 0.6) is 0 Å². The van der Waals surface area contributed by atoms with Crippen LogP contribution in [0.2, 0.25) is 5.02 Å². The van der Waals surface area contributed by atoms with Gasteiger partial charge in [0.25, 0.3) is 0 Å². The summed E-state index contributed by atoms with van der Waals surface area (Å²) in [5.41, 5.74) is 5.82. The minimum atomic E-state index is -1.26. The number of halogens is 2. The zero-order valence-corrected chi connectivity index (χ0v) is 22.2. The van der Waals surface area contributed by atoms with Gasteiger partial charge in [-0.25, -0.2) is 4.39 Å². The molecule has 0 saturated carbocycles. The molecule has 1 aliphatic rings. The molecule has 5 nitrogen and oxygen atoms in total. The fourth-order valence-electron chi connectivity index (χ4n) is 5.13. The molecule has 0 unspecified atom stereocenters. The summed E-state index contributed by atoms with van der Waals surface area (Å²) in [5.74, 6) is 0.217. The highest BCUT2D eigenvalue weighted by atomic mass is 35.5. The third-order valence-corrected chi connectivity index (χ3v) is 7.18. The molecule has 0 bridgehead atoms. The van der Waals surface area contributed by atoms with Crippen LogP contribution in [0.1, 0.15) is 60.7 Å². The quantitative estimate of drug-likeness (QED) is 0.299. The molecule has 5 rings (SSSR count). The van der Waals surface area contributed by atoms with Crippen molar-refractivity contribution in [3.05, 3.63) is 91.5 Å². The number of aryl methyl sites for hydroxylation is 1. The molecule has 0 saturated heterocycles. The zero-order valence-electron chi connectivity index (χ0n) is 21.4. The molecule has 0 spiro atoms. The van der Waals surface area contributed by atoms with E-state index in [-0.39, 0.29) is 29.5 Å². The summed E-state index contributed by atoms with van der Waals surface area (Å²) in [6.07, 6.45) is 0. The van der Waals surface area contributed by atoms with Crippen LogP contribution in [0.3, 0.4) is 0 Å². The van der Waals surface area contributed by atoms with Gasteiger partial charge in [-0.2, -0.15) is 0 Å². The van der Waals surface area contributed by atoms with Crippen LogP contribution in [0.4, 0.5) is 10.1 Å². The fourth-order valence-corrected chi connectivity index (χ4v) is 5.30. The third-order valence-electron chi connectivity index (χ3n) is 6.94. The maximum atomic E-state index is 14.9. The van der Waals surface area contributed by atoms with Crippen LogP contribution in [-0.2, 0) is 11.3 Å². The Bertz CT molecular complexity index is 1600. The third kappa shape index (κ3) is 4.56. The Morgan fingerprint density at radius 2 is 1.86 bits per heavy atom. The maximum Gasteiger partial charge on any atom is 0.494 e. The van der Waals surface area contributed by atoms with Crippen molar-refractivity contribution in [2.24, 2.45) is 0 Å². The summed E-state index contributed by atoms with van der Waals surface area (Å²) in [7, 11) is -1.26. The van der Waals surface area contributed by atoms with Crippen molar-refractivity contribution in [3.8, 4) is 11.1 Å². The summed E-state index contributed by atoms with van der Waals surface area (Å²) < 4.78 is 26.5. The summed E-state index contributed by atoms with van der Waals surface area (Å²) in [5, 5.41) is 14.5. The topological polar surface area (TPSA) is 71.7 Å². The smallest absolute Gasteiger partial charge is 0.460 e. The maximum absolute atomic E-state index is 14.9. The van der Waals surface area contributed by atoms with E-state index in [1.54, 1.807) is 12.1 Å². The second kappa shape index (κ2) is 9.64. The minimum absolute atomic E-state index is 0.0210. The van der Waals surface area contributed by atoms with E-state index in [0.29, 0.717) is 44.0 Å². The van der Waals surface area contributed by atoms with E-state index in [9.17, 15) is 14.2 Å². The monoisotopic (exact) mass is 519 g/mol. The van der Waals surface area contributed by atoms with Crippen LogP contribution >= 0.6 is 11.6 Å². The summed E-state index contributed by atoms with van der Waals surface area (Å²) in [6.45, 7) is 9.91. The molecule has 0 aliphatic carbocycles. The average molecular weight is 520 g/mol. The van der Waals surface area contributed by atoms with Gasteiger partial charge in [-0.05, 0) is 73.9 Å². The molecule has 8 heteroatoms. The molecular weight excluding hydrogens is 492 g/mol. The first-order chi connectivity index (χ1) is 17.5. The van der Waals surface area contributed by atoms with Crippen molar-refractivity contribution >= 4 is 40.8 Å². The molecule has 37 heavy (non-hydrogen) atoms. The largest absolute Gasteiger partial charge is 0.494 e. The Morgan fingerprint density at radius 3 is 2.59 bits per heavy atom. The predicted molar refractivity (Wildman–Crippen MR) is 147 cm³/mol. The summed E-state index contributed by atoms with van der Waals surface area (Å²) >= 11 is 6.34. The second-order valence-electron chi connectivity index (χ2n) is 10.1. The lowest BCUT2D eigenvalue weighted by atomic mass is 9.78. The van der Waals surface area contributed by atoms with E-state index in [4.69, 9.17) is 20.7 Å². The number of fused-ring (bicyclic) bond motifs is 2. The lowest BCUT2D eigenvalue weighted by Crippen LogP contribution is -2.31. The molecule has 190 valence electrons. The molecule has 1 aromatic heterocycles. The van der Waals surface area contributed by atoms with E-state index < -0.39 is 12.9 Å². The molecule has 1 atom stereocenters. The number of benzene rings is 3. The van der Waals surface area contributed by atoms with Crippen molar-refractivity contribution in [1.29, 1.82) is 0 Å². The highest BCUT2D eigenvalue weighted by Crippen LogP contribution is 2.36.